The Kier molecular flexibility index (Phi) is 2.69. The van der Waals surface area contributed by atoms with Gasteiger partial charge in [0.05, 0.1) is 6.10 Å². The molecule has 2 unspecified atom stereocenters. The van der Waals surface area contributed by atoms with Gasteiger partial charge in [-0.3, -0.25) is 0 Å². The Balaban J connectivity index is 1.81. The van der Waals surface area contributed by atoms with Gasteiger partial charge in [0.2, 0.25) is 0 Å². The zero-order chi connectivity index (χ0) is 11.7. The molecule has 0 amide bonds. The molecule has 1 heteroatoms. The van der Waals surface area contributed by atoms with Crippen molar-refractivity contribution in [3.63, 3.8) is 0 Å². The molecule has 0 heterocycles. The Bertz CT molecular complexity index is 504. The highest BCUT2D eigenvalue weighted by Crippen LogP contribution is 2.37. The number of benzene rings is 2. The minimum Gasteiger partial charge on any atom is -0.388 e. The number of hydrogen-bond acceptors (Lipinski definition) is 1. The van der Waals surface area contributed by atoms with Crippen LogP contribution in [0.1, 0.15) is 22.8 Å². The van der Waals surface area contributed by atoms with Gasteiger partial charge in [-0.25, -0.2) is 0 Å². The topological polar surface area (TPSA) is 20.2 Å². The van der Waals surface area contributed by atoms with E-state index in [2.05, 4.69) is 36.4 Å². The molecule has 2 aromatic carbocycles. The van der Waals surface area contributed by atoms with E-state index >= 15 is 0 Å². The summed E-state index contributed by atoms with van der Waals surface area (Å²) in [5.41, 5.74) is 3.73. The number of fused-ring (bicyclic) bond motifs is 1. The molecule has 0 fully saturated rings. The van der Waals surface area contributed by atoms with Gasteiger partial charge in [0, 0.05) is 0 Å². The van der Waals surface area contributed by atoms with Crippen molar-refractivity contribution in [2.45, 2.75) is 18.9 Å². The summed E-state index contributed by atoms with van der Waals surface area (Å²) in [6.45, 7) is 0. The molecular formula is C16H16O. The van der Waals surface area contributed by atoms with E-state index in [0.717, 1.165) is 18.4 Å². The summed E-state index contributed by atoms with van der Waals surface area (Å²) in [5.74, 6) is 0.329. The lowest BCUT2D eigenvalue weighted by Crippen LogP contribution is -2.10. The SMILES string of the molecule is OC1c2ccccc2CC1Cc1ccccc1. The maximum absolute atomic E-state index is 10.3. The third kappa shape index (κ3) is 1.98. The monoisotopic (exact) mass is 224 g/mol. The van der Waals surface area contributed by atoms with E-state index in [1.165, 1.54) is 11.1 Å². The fourth-order valence-corrected chi connectivity index (χ4v) is 2.76. The van der Waals surface area contributed by atoms with Crippen LogP contribution in [0.25, 0.3) is 0 Å². The third-order valence-corrected chi connectivity index (χ3v) is 3.64. The molecule has 0 aromatic heterocycles. The van der Waals surface area contributed by atoms with Crippen LogP contribution in [0.4, 0.5) is 0 Å². The van der Waals surface area contributed by atoms with Crippen molar-refractivity contribution in [2.75, 3.05) is 0 Å². The Morgan fingerprint density at radius 1 is 0.941 bits per heavy atom. The van der Waals surface area contributed by atoms with Crippen LogP contribution in [0.5, 0.6) is 0 Å². The lowest BCUT2D eigenvalue weighted by Gasteiger charge is -2.14. The second-order valence-corrected chi connectivity index (χ2v) is 4.80. The lowest BCUT2D eigenvalue weighted by atomic mass is 9.95. The van der Waals surface area contributed by atoms with Gasteiger partial charge in [0.25, 0.3) is 0 Å². The molecule has 0 aliphatic heterocycles. The Hall–Kier alpha value is -1.60. The number of aliphatic hydroxyl groups is 1. The maximum atomic E-state index is 10.3. The molecule has 0 saturated heterocycles. The zero-order valence-corrected chi connectivity index (χ0v) is 9.71. The Labute approximate surface area is 102 Å². The minimum atomic E-state index is -0.300. The average Bonchev–Trinajstić information content (AvgIpc) is 2.68. The molecule has 1 N–H and O–H groups in total. The van der Waals surface area contributed by atoms with E-state index in [4.69, 9.17) is 0 Å². The second-order valence-electron chi connectivity index (χ2n) is 4.80. The molecule has 0 spiro atoms. The van der Waals surface area contributed by atoms with Crippen LogP contribution in [0.2, 0.25) is 0 Å². The molecule has 17 heavy (non-hydrogen) atoms. The minimum absolute atomic E-state index is 0.300. The van der Waals surface area contributed by atoms with E-state index < -0.39 is 0 Å². The first-order valence-electron chi connectivity index (χ1n) is 6.14. The molecular weight excluding hydrogens is 208 g/mol. The van der Waals surface area contributed by atoms with Crippen molar-refractivity contribution in [1.29, 1.82) is 0 Å². The molecule has 1 aliphatic rings. The predicted molar refractivity (Wildman–Crippen MR) is 68.7 cm³/mol. The van der Waals surface area contributed by atoms with Crippen LogP contribution >= 0.6 is 0 Å². The van der Waals surface area contributed by atoms with Crippen molar-refractivity contribution in [3.05, 3.63) is 71.3 Å². The van der Waals surface area contributed by atoms with Crippen molar-refractivity contribution < 1.29 is 5.11 Å². The van der Waals surface area contributed by atoms with Gasteiger partial charge in [-0.1, -0.05) is 54.6 Å². The smallest absolute Gasteiger partial charge is 0.0827 e. The van der Waals surface area contributed by atoms with E-state index in [-0.39, 0.29) is 6.10 Å². The van der Waals surface area contributed by atoms with Gasteiger partial charge < -0.3 is 5.11 Å². The highest BCUT2D eigenvalue weighted by Gasteiger charge is 2.30. The Morgan fingerprint density at radius 2 is 1.65 bits per heavy atom. The lowest BCUT2D eigenvalue weighted by molar-refractivity contribution is 0.123. The second kappa shape index (κ2) is 4.34. The van der Waals surface area contributed by atoms with Gasteiger partial charge in [-0.2, -0.15) is 0 Å². The molecule has 1 aliphatic carbocycles. The summed E-state index contributed by atoms with van der Waals surface area (Å²) >= 11 is 0. The van der Waals surface area contributed by atoms with Crippen molar-refractivity contribution in [3.8, 4) is 0 Å². The highest BCUT2D eigenvalue weighted by molar-refractivity contribution is 5.35. The number of hydrogen-bond donors (Lipinski definition) is 1. The number of aliphatic hydroxyl groups excluding tert-OH is 1. The molecule has 86 valence electrons. The summed E-state index contributed by atoms with van der Waals surface area (Å²) in [5, 5.41) is 10.3. The summed E-state index contributed by atoms with van der Waals surface area (Å²) in [4.78, 5) is 0. The summed E-state index contributed by atoms with van der Waals surface area (Å²) in [6.07, 6.45) is 1.65. The molecule has 0 saturated carbocycles. The van der Waals surface area contributed by atoms with Gasteiger partial charge in [0.1, 0.15) is 0 Å². The molecule has 0 radical (unpaired) electrons. The quantitative estimate of drug-likeness (QED) is 0.831. The van der Waals surface area contributed by atoms with Crippen LogP contribution in [-0.4, -0.2) is 5.11 Å². The first-order valence-corrected chi connectivity index (χ1v) is 6.14. The van der Waals surface area contributed by atoms with E-state index in [1.54, 1.807) is 0 Å². The zero-order valence-electron chi connectivity index (χ0n) is 9.71. The third-order valence-electron chi connectivity index (χ3n) is 3.64. The predicted octanol–water partition coefficient (Wildman–Crippen LogP) is 3.14. The fraction of sp³-hybridized carbons (Fsp3) is 0.250. The van der Waals surface area contributed by atoms with Crippen molar-refractivity contribution >= 4 is 0 Å². The van der Waals surface area contributed by atoms with Crippen LogP contribution in [-0.2, 0) is 12.8 Å². The highest BCUT2D eigenvalue weighted by atomic mass is 16.3. The largest absolute Gasteiger partial charge is 0.388 e. The Morgan fingerprint density at radius 3 is 2.41 bits per heavy atom. The van der Waals surface area contributed by atoms with Crippen molar-refractivity contribution in [1.82, 2.24) is 0 Å². The summed E-state index contributed by atoms with van der Waals surface area (Å²) in [7, 11) is 0. The van der Waals surface area contributed by atoms with Crippen LogP contribution in [0.15, 0.2) is 54.6 Å². The molecule has 2 aromatic rings. The first-order chi connectivity index (χ1) is 8.34. The summed E-state index contributed by atoms with van der Waals surface area (Å²) in [6, 6.07) is 18.7. The maximum Gasteiger partial charge on any atom is 0.0827 e. The van der Waals surface area contributed by atoms with Crippen LogP contribution in [0, 0.1) is 5.92 Å². The average molecular weight is 224 g/mol. The van der Waals surface area contributed by atoms with Gasteiger partial charge in [-0.05, 0) is 35.4 Å². The van der Waals surface area contributed by atoms with Gasteiger partial charge in [0.15, 0.2) is 0 Å². The summed E-state index contributed by atoms with van der Waals surface area (Å²) < 4.78 is 0. The van der Waals surface area contributed by atoms with E-state index in [9.17, 15) is 5.11 Å². The number of rotatable bonds is 2. The van der Waals surface area contributed by atoms with Crippen LogP contribution < -0.4 is 0 Å². The van der Waals surface area contributed by atoms with Crippen molar-refractivity contribution in [2.24, 2.45) is 5.92 Å². The molecule has 2 atom stereocenters. The van der Waals surface area contributed by atoms with E-state index in [1.807, 2.05) is 18.2 Å². The molecule has 0 bridgehead atoms. The first kappa shape index (κ1) is 10.5. The van der Waals surface area contributed by atoms with Crippen LogP contribution in [0.3, 0.4) is 0 Å². The fourth-order valence-electron chi connectivity index (χ4n) is 2.76. The normalized spacial score (nSPS) is 22.4. The molecule has 3 rings (SSSR count). The van der Waals surface area contributed by atoms with Gasteiger partial charge in [-0.15, -0.1) is 0 Å². The molecule has 1 nitrogen and oxygen atoms in total. The standard InChI is InChI=1S/C16H16O/c17-16-14(10-12-6-2-1-3-7-12)11-13-8-4-5-9-15(13)16/h1-9,14,16-17H,10-11H2. The van der Waals surface area contributed by atoms with Gasteiger partial charge >= 0.3 is 0 Å². The van der Waals surface area contributed by atoms with E-state index in [0.29, 0.717) is 5.92 Å².